The molecule has 1 aliphatic rings. The molecule has 1 fully saturated rings. The van der Waals surface area contributed by atoms with E-state index in [1.54, 1.807) is 6.92 Å². The summed E-state index contributed by atoms with van der Waals surface area (Å²) in [4.78, 5) is 45.1. The van der Waals surface area contributed by atoms with E-state index in [9.17, 15) is 19.2 Å². The summed E-state index contributed by atoms with van der Waals surface area (Å²) in [6.07, 6.45) is -5.51. The maximum atomic E-state index is 11.4. The van der Waals surface area contributed by atoms with Gasteiger partial charge in [0.1, 0.15) is 0 Å². The molecule has 0 spiro atoms. The van der Waals surface area contributed by atoms with Crippen LogP contribution < -0.4 is 0 Å². The van der Waals surface area contributed by atoms with Crippen LogP contribution in [0.3, 0.4) is 0 Å². The van der Waals surface area contributed by atoms with Gasteiger partial charge >= 0.3 is 23.9 Å². The lowest BCUT2D eigenvalue weighted by Gasteiger charge is -2.42. The Morgan fingerprint density at radius 1 is 0.652 bits per heavy atom. The number of hydrogen-bond acceptors (Lipinski definition) is 9. The summed E-state index contributed by atoms with van der Waals surface area (Å²) < 4.78 is 25.7. The predicted octanol–water partition coefficient (Wildman–Crippen LogP) is 0.0894. The van der Waals surface area contributed by atoms with Crippen molar-refractivity contribution in [3.05, 3.63) is 0 Å². The molecule has 1 saturated heterocycles. The minimum atomic E-state index is -1.29. The summed E-state index contributed by atoms with van der Waals surface area (Å²) in [5.41, 5.74) is 0. The highest BCUT2D eigenvalue weighted by molar-refractivity contribution is 5.69. The SMILES string of the molecule is CC(=O)O[C@@H]1O[C@@H](C)[C@@H](OC(C)=O)[C@@H](OC(C)=O)[C@H]1OC(C)=O. The summed E-state index contributed by atoms with van der Waals surface area (Å²) in [7, 11) is 0. The van der Waals surface area contributed by atoms with Gasteiger partial charge in [0.2, 0.25) is 12.4 Å². The molecule has 0 radical (unpaired) electrons. The van der Waals surface area contributed by atoms with Gasteiger partial charge in [0, 0.05) is 27.7 Å². The summed E-state index contributed by atoms with van der Waals surface area (Å²) in [5.74, 6) is -2.69. The van der Waals surface area contributed by atoms with Gasteiger partial charge in [0.15, 0.2) is 12.2 Å². The maximum Gasteiger partial charge on any atom is 0.305 e. The van der Waals surface area contributed by atoms with Gasteiger partial charge < -0.3 is 23.7 Å². The third-order valence-electron chi connectivity index (χ3n) is 2.92. The first kappa shape index (κ1) is 18.9. The summed E-state index contributed by atoms with van der Waals surface area (Å²) in [5, 5.41) is 0. The highest BCUT2D eigenvalue weighted by Crippen LogP contribution is 2.29. The molecule has 0 unspecified atom stereocenters. The van der Waals surface area contributed by atoms with Crippen molar-refractivity contribution in [2.75, 3.05) is 0 Å². The van der Waals surface area contributed by atoms with E-state index >= 15 is 0 Å². The van der Waals surface area contributed by atoms with Crippen molar-refractivity contribution in [1.29, 1.82) is 0 Å². The van der Waals surface area contributed by atoms with E-state index in [1.165, 1.54) is 6.92 Å². The van der Waals surface area contributed by atoms with Crippen LogP contribution in [0.25, 0.3) is 0 Å². The molecule has 0 amide bonds. The largest absolute Gasteiger partial charge is 0.456 e. The summed E-state index contributed by atoms with van der Waals surface area (Å²) in [6.45, 7) is 6.16. The zero-order valence-corrected chi connectivity index (χ0v) is 13.6. The second-order valence-corrected chi connectivity index (χ2v) is 5.04. The van der Waals surface area contributed by atoms with Gasteiger partial charge in [-0.1, -0.05) is 0 Å². The molecule has 1 aliphatic heterocycles. The van der Waals surface area contributed by atoms with Crippen LogP contribution in [0.15, 0.2) is 0 Å². The van der Waals surface area contributed by atoms with Gasteiger partial charge in [-0.05, 0) is 6.92 Å². The van der Waals surface area contributed by atoms with Gasteiger partial charge in [0.25, 0.3) is 0 Å². The van der Waals surface area contributed by atoms with E-state index in [0.29, 0.717) is 0 Å². The Kier molecular flexibility index (Phi) is 6.49. The summed E-state index contributed by atoms with van der Waals surface area (Å²) in [6, 6.07) is 0. The number of rotatable bonds is 4. The Morgan fingerprint density at radius 2 is 1.04 bits per heavy atom. The van der Waals surface area contributed by atoms with E-state index in [-0.39, 0.29) is 0 Å². The van der Waals surface area contributed by atoms with Crippen molar-refractivity contribution in [2.45, 2.75) is 65.3 Å². The maximum absolute atomic E-state index is 11.4. The minimum absolute atomic E-state index is 0.630. The van der Waals surface area contributed by atoms with Crippen molar-refractivity contribution in [3.8, 4) is 0 Å². The molecular weight excluding hydrogens is 312 g/mol. The highest BCUT2D eigenvalue weighted by Gasteiger charge is 2.51. The number of carbonyl (C=O) groups is 4. The van der Waals surface area contributed by atoms with Crippen molar-refractivity contribution in [3.63, 3.8) is 0 Å². The molecule has 0 aromatic carbocycles. The van der Waals surface area contributed by atoms with Gasteiger partial charge in [-0.25, -0.2) is 0 Å². The molecule has 1 heterocycles. The van der Waals surface area contributed by atoms with Crippen LogP contribution in [0.4, 0.5) is 0 Å². The van der Waals surface area contributed by atoms with Gasteiger partial charge in [-0.15, -0.1) is 0 Å². The van der Waals surface area contributed by atoms with Crippen LogP contribution in [0.1, 0.15) is 34.6 Å². The average Bonchev–Trinajstić information content (AvgIpc) is 2.36. The van der Waals surface area contributed by atoms with Crippen LogP contribution in [-0.2, 0) is 42.9 Å². The fraction of sp³-hybridized carbons (Fsp3) is 0.714. The van der Waals surface area contributed by atoms with E-state index in [4.69, 9.17) is 23.7 Å². The highest BCUT2D eigenvalue weighted by atomic mass is 16.7. The predicted molar refractivity (Wildman–Crippen MR) is 72.8 cm³/mol. The molecule has 0 saturated carbocycles. The lowest BCUT2D eigenvalue weighted by Crippen LogP contribution is -2.61. The molecule has 9 nitrogen and oxygen atoms in total. The number of hydrogen-bond donors (Lipinski definition) is 0. The van der Waals surface area contributed by atoms with Crippen molar-refractivity contribution in [1.82, 2.24) is 0 Å². The average molecular weight is 332 g/mol. The molecule has 0 aromatic rings. The lowest BCUT2D eigenvalue weighted by molar-refractivity contribution is -0.292. The molecule has 0 N–H and O–H groups in total. The number of esters is 4. The fourth-order valence-corrected chi connectivity index (χ4v) is 2.23. The Labute approximate surface area is 133 Å². The van der Waals surface area contributed by atoms with E-state index in [2.05, 4.69) is 0 Å². The first-order valence-corrected chi connectivity index (χ1v) is 6.96. The first-order valence-electron chi connectivity index (χ1n) is 6.96. The smallest absolute Gasteiger partial charge is 0.305 e. The fourth-order valence-electron chi connectivity index (χ4n) is 2.23. The summed E-state index contributed by atoms with van der Waals surface area (Å²) >= 11 is 0. The first-order chi connectivity index (χ1) is 10.6. The molecule has 0 aromatic heterocycles. The van der Waals surface area contributed by atoms with E-state index < -0.39 is 54.6 Å². The molecule has 0 aliphatic carbocycles. The molecule has 5 atom stereocenters. The lowest BCUT2D eigenvalue weighted by atomic mass is 9.99. The third-order valence-corrected chi connectivity index (χ3v) is 2.92. The monoisotopic (exact) mass is 332 g/mol. The Balaban J connectivity index is 3.15. The van der Waals surface area contributed by atoms with Crippen molar-refractivity contribution in [2.24, 2.45) is 0 Å². The normalized spacial score (nSPS) is 30.0. The topological polar surface area (TPSA) is 114 Å². The molecular formula is C14H20O9. The van der Waals surface area contributed by atoms with Crippen LogP contribution in [0, 0.1) is 0 Å². The van der Waals surface area contributed by atoms with Crippen LogP contribution in [0.2, 0.25) is 0 Å². The second kappa shape index (κ2) is 7.91. The Hall–Kier alpha value is -2.16. The van der Waals surface area contributed by atoms with Gasteiger partial charge in [-0.2, -0.15) is 0 Å². The Morgan fingerprint density at radius 3 is 1.48 bits per heavy atom. The molecule has 23 heavy (non-hydrogen) atoms. The molecule has 1 rings (SSSR count). The quantitative estimate of drug-likeness (QED) is 0.521. The Bertz CT molecular complexity index is 487. The molecule has 9 heteroatoms. The zero-order valence-electron chi connectivity index (χ0n) is 13.6. The standard InChI is InChI=1S/C14H20O9/c1-6-11(20-7(2)15)12(21-8(3)16)13(22-9(4)17)14(19-6)23-10(5)18/h6,11-14H,1-5H3/t6-,11+,12+,13+,14-/m0/s1. The third kappa shape index (κ3) is 5.51. The number of carbonyl (C=O) groups excluding carboxylic acids is 4. The molecule has 0 bridgehead atoms. The number of ether oxygens (including phenoxy) is 5. The minimum Gasteiger partial charge on any atom is -0.456 e. The van der Waals surface area contributed by atoms with Crippen LogP contribution >= 0.6 is 0 Å². The zero-order chi connectivity index (χ0) is 17.7. The van der Waals surface area contributed by atoms with E-state index in [1.807, 2.05) is 0 Å². The van der Waals surface area contributed by atoms with Gasteiger partial charge in [0.05, 0.1) is 6.10 Å². The molecule has 130 valence electrons. The second-order valence-electron chi connectivity index (χ2n) is 5.04. The van der Waals surface area contributed by atoms with Crippen molar-refractivity contribution >= 4 is 23.9 Å². The van der Waals surface area contributed by atoms with Crippen molar-refractivity contribution < 1.29 is 42.9 Å². The van der Waals surface area contributed by atoms with Gasteiger partial charge in [-0.3, -0.25) is 19.2 Å². The van der Waals surface area contributed by atoms with Crippen LogP contribution in [0.5, 0.6) is 0 Å². The van der Waals surface area contributed by atoms with Crippen LogP contribution in [-0.4, -0.2) is 54.6 Å². The van der Waals surface area contributed by atoms with E-state index in [0.717, 1.165) is 20.8 Å².